The molecule has 3 aromatic rings. The molecule has 0 spiro atoms. The van der Waals surface area contributed by atoms with E-state index in [4.69, 9.17) is 14.5 Å². The van der Waals surface area contributed by atoms with E-state index in [1.54, 1.807) is 18.2 Å². The van der Waals surface area contributed by atoms with Crippen molar-refractivity contribution in [3.05, 3.63) is 53.9 Å². The van der Waals surface area contributed by atoms with Gasteiger partial charge in [0.1, 0.15) is 5.82 Å². The van der Waals surface area contributed by atoms with Crippen LogP contribution in [0.5, 0.6) is 11.5 Å². The highest BCUT2D eigenvalue weighted by Crippen LogP contribution is 2.31. The van der Waals surface area contributed by atoms with Crippen molar-refractivity contribution in [1.82, 2.24) is 14.9 Å². The second-order valence-electron chi connectivity index (χ2n) is 7.42. The summed E-state index contributed by atoms with van der Waals surface area (Å²) in [4.78, 5) is 17.8. The summed E-state index contributed by atoms with van der Waals surface area (Å²) < 4.78 is 13.4. The van der Waals surface area contributed by atoms with Gasteiger partial charge in [-0.15, -0.1) is 0 Å². The number of amides is 1. The van der Waals surface area contributed by atoms with Crippen molar-refractivity contribution >= 4 is 16.9 Å². The van der Waals surface area contributed by atoms with Gasteiger partial charge in [-0.2, -0.15) is 0 Å². The van der Waals surface area contributed by atoms with E-state index in [-0.39, 0.29) is 17.9 Å². The summed E-state index contributed by atoms with van der Waals surface area (Å²) in [6.45, 7) is 5.38. The lowest BCUT2D eigenvalue weighted by Crippen LogP contribution is -2.33. The molecule has 1 aromatic heterocycles. The molecule has 1 amide bonds. The fourth-order valence-corrected chi connectivity index (χ4v) is 3.50. The van der Waals surface area contributed by atoms with E-state index in [9.17, 15) is 4.79 Å². The third kappa shape index (κ3) is 3.42. The summed E-state index contributed by atoms with van der Waals surface area (Å²) in [5.74, 6) is 2.18. The van der Waals surface area contributed by atoms with Gasteiger partial charge in [-0.25, -0.2) is 4.98 Å². The van der Waals surface area contributed by atoms with Crippen LogP contribution in [0.1, 0.15) is 42.5 Å². The molecule has 6 nitrogen and oxygen atoms in total. The van der Waals surface area contributed by atoms with Crippen molar-refractivity contribution in [2.24, 2.45) is 13.0 Å². The Morgan fingerprint density at radius 2 is 1.86 bits per heavy atom. The van der Waals surface area contributed by atoms with Gasteiger partial charge >= 0.3 is 0 Å². The number of hydrogen-bond acceptors (Lipinski definition) is 4. The SMILES string of the molecule is CC(C)C(NC(=O)c1ccc2c(c1)OCCCO2)c1nc2ccccc2n1C. The van der Waals surface area contributed by atoms with Gasteiger partial charge in [-0.1, -0.05) is 26.0 Å². The monoisotopic (exact) mass is 379 g/mol. The molecule has 1 aliphatic rings. The van der Waals surface area contributed by atoms with Crippen molar-refractivity contribution in [2.75, 3.05) is 13.2 Å². The minimum atomic E-state index is -0.208. The number of fused-ring (bicyclic) bond motifs is 2. The molecule has 146 valence electrons. The van der Waals surface area contributed by atoms with Crippen molar-refractivity contribution in [3.63, 3.8) is 0 Å². The maximum atomic E-state index is 13.0. The second-order valence-corrected chi connectivity index (χ2v) is 7.42. The predicted octanol–water partition coefficient (Wildman–Crippen LogP) is 3.86. The van der Waals surface area contributed by atoms with Crippen LogP contribution >= 0.6 is 0 Å². The molecule has 1 aliphatic heterocycles. The molecule has 1 N–H and O–H groups in total. The van der Waals surface area contributed by atoms with E-state index in [1.165, 1.54) is 0 Å². The number of para-hydroxylation sites is 2. The van der Waals surface area contributed by atoms with Crippen LogP contribution in [-0.4, -0.2) is 28.7 Å². The van der Waals surface area contributed by atoms with Gasteiger partial charge in [0, 0.05) is 19.0 Å². The van der Waals surface area contributed by atoms with Gasteiger partial charge in [-0.3, -0.25) is 4.79 Å². The molecule has 0 radical (unpaired) electrons. The van der Waals surface area contributed by atoms with E-state index in [1.807, 2.05) is 35.9 Å². The number of aryl methyl sites for hydroxylation is 1. The van der Waals surface area contributed by atoms with E-state index < -0.39 is 0 Å². The quantitative estimate of drug-likeness (QED) is 0.748. The van der Waals surface area contributed by atoms with Crippen LogP contribution in [0, 0.1) is 5.92 Å². The molecule has 4 rings (SSSR count). The lowest BCUT2D eigenvalue weighted by Gasteiger charge is -2.22. The highest BCUT2D eigenvalue weighted by molar-refractivity contribution is 5.95. The van der Waals surface area contributed by atoms with Crippen LogP contribution in [0.4, 0.5) is 0 Å². The molecule has 6 heteroatoms. The van der Waals surface area contributed by atoms with Crippen molar-refractivity contribution in [1.29, 1.82) is 0 Å². The van der Waals surface area contributed by atoms with Crippen molar-refractivity contribution in [2.45, 2.75) is 26.3 Å². The fraction of sp³-hybridized carbons (Fsp3) is 0.364. The lowest BCUT2D eigenvalue weighted by atomic mass is 10.0. The molecule has 2 aromatic carbocycles. The van der Waals surface area contributed by atoms with E-state index in [2.05, 4.69) is 19.2 Å². The highest BCUT2D eigenvalue weighted by Gasteiger charge is 2.25. The Balaban J connectivity index is 1.62. The molecule has 28 heavy (non-hydrogen) atoms. The van der Waals surface area contributed by atoms with Gasteiger partial charge < -0.3 is 19.4 Å². The van der Waals surface area contributed by atoms with Gasteiger partial charge in [0.15, 0.2) is 11.5 Å². The molecule has 0 fully saturated rings. The number of imidazole rings is 1. The normalized spacial score (nSPS) is 14.7. The van der Waals surface area contributed by atoms with Crippen LogP contribution in [0.2, 0.25) is 0 Å². The average molecular weight is 379 g/mol. The number of benzene rings is 2. The van der Waals surface area contributed by atoms with E-state index >= 15 is 0 Å². The first-order chi connectivity index (χ1) is 13.5. The third-order valence-electron chi connectivity index (χ3n) is 5.06. The van der Waals surface area contributed by atoms with Crippen LogP contribution < -0.4 is 14.8 Å². The maximum absolute atomic E-state index is 13.0. The summed E-state index contributed by atoms with van der Waals surface area (Å²) in [5.41, 5.74) is 2.53. The average Bonchev–Trinajstić information content (AvgIpc) is 2.87. The van der Waals surface area contributed by atoms with Gasteiger partial charge in [0.25, 0.3) is 5.91 Å². The van der Waals surface area contributed by atoms with E-state index in [0.29, 0.717) is 30.3 Å². The number of aromatic nitrogens is 2. The largest absolute Gasteiger partial charge is 0.490 e. The van der Waals surface area contributed by atoms with Crippen molar-refractivity contribution < 1.29 is 14.3 Å². The lowest BCUT2D eigenvalue weighted by molar-refractivity contribution is 0.0922. The summed E-state index contributed by atoms with van der Waals surface area (Å²) in [7, 11) is 1.99. The van der Waals surface area contributed by atoms with Crippen molar-refractivity contribution in [3.8, 4) is 11.5 Å². The predicted molar refractivity (Wildman–Crippen MR) is 108 cm³/mol. The molecule has 0 bridgehead atoms. The Morgan fingerprint density at radius 1 is 1.11 bits per heavy atom. The summed E-state index contributed by atoms with van der Waals surface area (Å²) in [6.07, 6.45) is 0.832. The number of ether oxygens (including phenoxy) is 2. The molecule has 0 saturated carbocycles. The first-order valence-corrected chi connectivity index (χ1v) is 9.66. The number of nitrogens with zero attached hydrogens (tertiary/aromatic N) is 2. The highest BCUT2D eigenvalue weighted by atomic mass is 16.5. The Labute approximate surface area is 164 Å². The standard InChI is InChI=1S/C22H25N3O3/c1-14(2)20(21-23-16-7-4-5-8-17(16)25(21)3)24-22(26)15-9-10-18-19(13-15)28-12-6-11-27-18/h4-5,7-10,13-14,20H,6,11-12H2,1-3H3,(H,24,26). The number of hydrogen-bond donors (Lipinski definition) is 1. The van der Waals surface area contributed by atoms with Gasteiger partial charge in [0.05, 0.1) is 30.3 Å². The first kappa shape index (κ1) is 18.3. The summed E-state index contributed by atoms with van der Waals surface area (Å²) >= 11 is 0. The van der Waals surface area contributed by atoms with Gasteiger partial charge in [0.2, 0.25) is 0 Å². The molecular formula is C22H25N3O3. The Kier molecular flexibility index (Phi) is 4.94. The van der Waals surface area contributed by atoms with Crippen LogP contribution in [0.3, 0.4) is 0 Å². The zero-order chi connectivity index (χ0) is 19.7. The number of carbonyl (C=O) groups is 1. The summed E-state index contributed by atoms with van der Waals surface area (Å²) in [5, 5.41) is 3.15. The zero-order valence-corrected chi connectivity index (χ0v) is 16.4. The number of rotatable bonds is 4. The molecule has 0 aliphatic carbocycles. The minimum Gasteiger partial charge on any atom is -0.490 e. The topological polar surface area (TPSA) is 65.4 Å². The smallest absolute Gasteiger partial charge is 0.252 e. The Morgan fingerprint density at radius 3 is 2.61 bits per heavy atom. The Hall–Kier alpha value is -3.02. The molecule has 2 heterocycles. The van der Waals surface area contributed by atoms with Gasteiger partial charge in [-0.05, 0) is 36.2 Å². The second kappa shape index (κ2) is 7.54. The van der Waals surface area contributed by atoms with E-state index in [0.717, 1.165) is 23.3 Å². The molecule has 1 unspecified atom stereocenters. The van der Waals surface area contributed by atoms with Crippen LogP contribution in [0.25, 0.3) is 11.0 Å². The fourth-order valence-electron chi connectivity index (χ4n) is 3.50. The molecule has 0 saturated heterocycles. The number of carbonyl (C=O) groups excluding carboxylic acids is 1. The van der Waals surface area contributed by atoms with Crippen LogP contribution in [-0.2, 0) is 7.05 Å². The minimum absolute atomic E-state index is 0.151. The molecular weight excluding hydrogens is 354 g/mol. The molecule has 1 atom stereocenters. The first-order valence-electron chi connectivity index (χ1n) is 9.66. The Bertz CT molecular complexity index is 1010. The zero-order valence-electron chi connectivity index (χ0n) is 16.4. The van der Waals surface area contributed by atoms with Crippen LogP contribution in [0.15, 0.2) is 42.5 Å². The maximum Gasteiger partial charge on any atom is 0.252 e. The number of nitrogens with one attached hydrogen (secondary N) is 1. The third-order valence-corrected chi connectivity index (χ3v) is 5.06. The summed E-state index contributed by atoms with van der Waals surface area (Å²) in [6, 6.07) is 13.1.